The summed E-state index contributed by atoms with van der Waals surface area (Å²) in [6.45, 7) is 2.85. The van der Waals surface area contributed by atoms with Crippen LogP contribution in [0.25, 0.3) is 0 Å². The van der Waals surface area contributed by atoms with Crippen LogP contribution < -0.4 is 19.6 Å². The van der Waals surface area contributed by atoms with Gasteiger partial charge in [0.2, 0.25) is 0 Å². The van der Waals surface area contributed by atoms with Gasteiger partial charge in [-0.3, -0.25) is 4.79 Å². The number of aryl methyl sites for hydroxylation is 1. The van der Waals surface area contributed by atoms with E-state index in [0.29, 0.717) is 33.5 Å². The SMILES string of the molecule is COc1cc(/C(C)=N\NC(=O)COc2ccc(Cl)cc2C)ccc1OCC(=O)O. The van der Waals surface area contributed by atoms with Crippen molar-refractivity contribution in [1.29, 1.82) is 0 Å². The molecule has 0 radical (unpaired) electrons. The van der Waals surface area contributed by atoms with Crippen LogP contribution in [-0.2, 0) is 9.59 Å². The number of nitrogens with zero attached hydrogens (tertiary/aromatic N) is 1. The van der Waals surface area contributed by atoms with Crippen molar-refractivity contribution in [3.05, 3.63) is 52.5 Å². The van der Waals surface area contributed by atoms with Gasteiger partial charge < -0.3 is 19.3 Å². The first-order chi connectivity index (χ1) is 13.8. The van der Waals surface area contributed by atoms with Gasteiger partial charge in [-0.15, -0.1) is 0 Å². The molecule has 2 aromatic carbocycles. The molecule has 9 heteroatoms. The molecule has 0 aliphatic heterocycles. The lowest BCUT2D eigenvalue weighted by atomic mass is 10.1. The van der Waals surface area contributed by atoms with Crippen molar-refractivity contribution < 1.29 is 28.9 Å². The summed E-state index contributed by atoms with van der Waals surface area (Å²) < 4.78 is 15.8. The van der Waals surface area contributed by atoms with Crippen LogP contribution in [0.4, 0.5) is 0 Å². The number of hydrogen-bond acceptors (Lipinski definition) is 6. The summed E-state index contributed by atoms with van der Waals surface area (Å²) in [5.41, 5.74) is 4.43. The summed E-state index contributed by atoms with van der Waals surface area (Å²) in [6, 6.07) is 10.0. The normalized spacial score (nSPS) is 11.0. The second-order valence-corrected chi connectivity index (χ2v) is 6.42. The Morgan fingerprint density at radius 2 is 1.76 bits per heavy atom. The maximum Gasteiger partial charge on any atom is 0.341 e. The van der Waals surface area contributed by atoms with Crippen molar-refractivity contribution in [3.63, 3.8) is 0 Å². The number of carboxylic acids is 1. The molecule has 0 unspecified atom stereocenters. The lowest BCUT2D eigenvalue weighted by Crippen LogP contribution is -2.25. The van der Waals surface area contributed by atoms with Crippen molar-refractivity contribution in [2.24, 2.45) is 5.10 Å². The minimum Gasteiger partial charge on any atom is -0.493 e. The van der Waals surface area contributed by atoms with E-state index in [1.54, 1.807) is 43.3 Å². The maximum absolute atomic E-state index is 12.0. The second kappa shape index (κ2) is 10.3. The van der Waals surface area contributed by atoms with E-state index in [1.807, 2.05) is 6.92 Å². The number of hydrazone groups is 1. The number of carboxylic acid groups (broad SMARTS) is 1. The van der Waals surface area contributed by atoms with Gasteiger partial charge in [-0.1, -0.05) is 11.6 Å². The van der Waals surface area contributed by atoms with Crippen molar-refractivity contribution in [2.45, 2.75) is 13.8 Å². The van der Waals surface area contributed by atoms with Gasteiger partial charge in [0, 0.05) is 10.6 Å². The molecule has 2 N–H and O–H groups in total. The van der Waals surface area contributed by atoms with Gasteiger partial charge in [0.25, 0.3) is 5.91 Å². The Morgan fingerprint density at radius 1 is 1.07 bits per heavy atom. The fourth-order valence-corrected chi connectivity index (χ4v) is 2.54. The van der Waals surface area contributed by atoms with Crippen LogP contribution >= 0.6 is 11.6 Å². The van der Waals surface area contributed by atoms with Gasteiger partial charge >= 0.3 is 5.97 Å². The average molecular weight is 421 g/mol. The number of carbonyl (C=O) groups excluding carboxylic acids is 1. The van der Waals surface area contributed by atoms with Gasteiger partial charge in [-0.05, 0) is 55.8 Å². The molecular weight excluding hydrogens is 400 g/mol. The van der Waals surface area contributed by atoms with Crippen LogP contribution in [-0.4, -0.2) is 43.0 Å². The van der Waals surface area contributed by atoms with Crippen LogP contribution in [0.5, 0.6) is 17.2 Å². The molecule has 0 atom stereocenters. The van der Waals surface area contributed by atoms with Crippen LogP contribution in [0.2, 0.25) is 5.02 Å². The van der Waals surface area contributed by atoms with Gasteiger partial charge in [0.05, 0.1) is 12.8 Å². The number of rotatable bonds is 9. The fourth-order valence-electron chi connectivity index (χ4n) is 2.31. The van der Waals surface area contributed by atoms with Gasteiger partial charge in [0.1, 0.15) is 5.75 Å². The van der Waals surface area contributed by atoms with Crippen LogP contribution in [0.1, 0.15) is 18.1 Å². The van der Waals surface area contributed by atoms with E-state index in [0.717, 1.165) is 5.56 Å². The van der Waals surface area contributed by atoms with Gasteiger partial charge in [-0.25, -0.2) is 10.2 Å². The van der Waals surface area contributed by atoms with Crippen LogP contribution in [0.3, 0.4) is 0 Å². The number of hydrogen-bond donors (Lipinski definition) is 2. The highest BCUT2D eigenvalue weighted by atomic mass is 35.5. The quantitative estimate of drug-likeness (QED) is 0.477. The third-order valence-electron chi connectivity index (χ3n) is 3.78. The van der Waals surface area contributed by atoms with Crippen molar-refractivity contribution >= 4 is 29.2 Å². The first-order valence-corrected chi connectivity index (χ1v) is 8.93. The number of carbonyl (C=O) groups is 2. The molecule has 154 valence electrons. The van der Waals surface area contributed by atoms with E-state index < -0.39 is 18.5 Å². The molecule has 2 aromatic rings. The van der Waals surface area contributed by atoms with Crippen molar-refractivity contribution in [2.75, 3.05) is 20.3 Å². The third kappa shape index (κ3) is 6.69. The molecule has 0 bridgehead atoms. The Bertz CT molecular complexity index is 929. The van der Waals surface area contributed by atoms with Gasteiger partial charge in [-0.2, -0.15) is 5.10 Å². The van der Waals surface area contributed by atoms with Gasteiger partial charge in [0.15, 0.2) is 24.7 Å². The number of halogens is 1. The van der Waals surface area contributed by atoms with E-state index in [2.05, 4.69) is 10.5 Å². The summed E-state index contributed by atoms with van der Waals surface area (Å²) in [5, 5.41) is 13.3. The predicted molar refractivity (Wildman–Crippen MR) is 108 cm³/mol. The molecule has 1 amide bonds. The minimum absolute atomic E-state index is 0.204. The summed E-state index contributed by atoms with van der Waals surface area (Å²) in [4.78, 5) is 22.6. The zero-order valence-electron chi connectivity index (χ0n) is 16.2. The topological polar surface area (TPSA) is 106 Å². The Hall–Kier alpha value is -3.26. The Morgan fingerprint density at radius 3 is 2.41 bits per heavy atom. The van der Waals surface area contributed by atoms with E-state index in [4.69, 9.17) is 30.9 Å². The Balaban J connectivity index is 1.97. The van der Waals surface area contributed by atoms with E-state index in [9.17, 15) is 9.59 Å². The Kier molecular flexibility index (Phi) is 7.85. The zero-order chi connectivity index (χ0) is 21.4. The molecule has 0 saturated heterocycles. The lowest BCUT2D eigenvalue weighted by Gasteiger charge is -2.11. The molecule has 0 heterocycles. The Labute approximate surface area is 173 Å². The molecule has 8 nitrogen and oxygen atoms in total. The predicted octanol–water partition coefficient (Wildman–Crippen LogP) is 3.04. The highest BCUT2D eigenvalue weighted by molar-refractivity contribution is 6.30. The van der Waals surface area contributed by atoms with E-state index in [1.165, 1.54) is 7.11 Å². The average Bonchev–Trinajstić information content (AvgIpc) is 2.69. The minimum atomic E-state index is -1.09. The van der Waals surface area contributed by atoms with Crippen molar-refractivity contribution in [1.82, 2.24) is 5.43 Å². The highest BCUT2D eigenvalue weighted by Crippen LogP contribution is 2.28. The first kappa shape index (κ1) is 22.0. The number of nitrogens with one attached hydrogen (secondary N) is 1. The summed E-state index contributed by atoms with van der Waals surface area (Å²) in [7, 11) is 1.44. The number of methoxy groups -OCH3 is 1. The largest absolute Gasteiger partial charge is 0.493 e. The molecule has 0 spiro atoms. The number of ether oxygens (including phenoxy) is 3. The molecule has 29 heavy (non-hydrogen) atoms. The standard InChI is InChI=1S/C20H21ClN2O6/c1-12-8-15(21)5-7-16(12)28-10-19(24)23-22-13(2)14-4-6-17(18(9-14)27-3)29-11-20(25)26/h4-9H,10-11H2,1-3H3,(H,23,24)(H,25,26)/b22-13-. The molecule has 0 aliphatic carbocycles. The smallest absolute Gasteiger partial charge is 0.341 e. The molecule has 0 fully saturated rings. The van der Waals surface area contributed by atoms with Crippen LogP contribution in [0, 0.1) is 6.92 Å². The van der Waals surface area contributed by atoms with E-state index in [-0.39, 0.29) is 6.61 Å². The zero-order valence-corrected chi connectivity index (χ0v) is 16.9. The monoisotopic (exact) mass is 420 g/mol. The lowest BCUT2D eigenvalue weighted by molar-refractivity contribution is -0.139. The summed E-state index contributed by atoms with van der Waals surface area (Å²) in [6.07, 6.45) is 0. The maximum atomic E-state index is 12.0. The summed E-state index contributed by atoms with van der Waals surface area (Å²) >= 11 is 5.89. The number of benzene rings is 2. The van der Waals surface area contributed by atoms with Crippen molar-refractivity contribution in [3.8, 4) is 17.2 Å². The third-order valence-corrected chi connectivity index (χ3v) is 4.01. The molecule has 2 rings (SSSR count). The summed E-state index contributed by atoms with van der Waals surface area (Å²) in [5.74, 6) is -0.306. The number of amides is 1. The molecular formula is C20H21ClN2O6. The highest BCUT2D eigenvalue weighted by Gasteiger charge is 2.10. The number of aliphatic carboxylic acids is 1. The van der Waals surface area contributed by atoms with E-state index >= 15 is 0 Å². The molecule has 0 saturated carbocycles. The fraction of sp³-hybridized carbons (Fsp3) is 0.250. The first-order valence-electron chi connectivity index (χ1n) is 8.55. The molecule has 0 aromatic heterocycles. The molecule has 0 aliphatic rings. The van der Waals surface area contributed by atoms with Crippen LogP contribution in [0.15, 0.2) is 41.5 Å². The second-order valence-electron chi connectivity index (χ2n) is 5.98.